The van der Waals surface area contributed by atoms with Gasteiger partial charge in [0.15, 0.2) is 0 Å². The molecule has 0 spiro atoms. The van der Waals surface area contributed by atoms with Crippen LogP contribution in [0.4, 0.5) is 4.39 Å². The second-order valence-electron chi connectivity index (χ2n) is 7.39. The summed E-state index contributed by atoms with van der Waals surface area (Å²) in [6.07, 6.45) is -0.118. The van der Waals surface area contributed by atoms with Gasteiger partial charge in [-0.05, 0) is 39.6 Å². The molecule has 2 aliphatic heterocycles. The molecule has 1 saturated heterocycles. The summed E-state index contributed by atoms with van der Waals surface area (Å²) in [5, 5.41) is 0. The molecule has 0 aromatic heterocycles. The van der Waals surface area contributed by atoms with Crippen molar-refractivity contribution >= 4 is 29.6 Å². The molecule has 0 aliphatic carbocycles. The number of benzene rings is 1. The first-order chi connectivity index (χ1) is 14.1. The number of rotatable bonds is 6. The molecule has 0 radical (unpaired) electrons. The van der Waals surface area contributed by atoms with E-state index in [-0.39, 0.29) is 37.1 Å². The summed E-state index contributed by atoms with van der Waals surface area (Å²) in [5.41, 5.74) is -0.479. The second kappa shape index (κ2) is 8.31. The van der Waals surface area contributed by atoms with Gasteiger partial charge in [0.25, 0.3) is 17.7 Å². The minimum atomic E-state index is -1.22. The zero-order valence-electron chi connectivity index (χ0n) is 16.9. The molecule has 0 saturated carbocycles. The highest BCUT2D eigenvalue weighted by Gasteiger charge is 2.47. The first-order valence-corrected chi connectivity index (χ1v) is 9.48. The Kier molecular flexibility index (Phi) is 5.97. The lowest BCUT2D eigenvalue weighted by molar-refractivity contribution is -0.157. The van der Waals surface area contributed by atoms with Crippen LogP contribution in [0.15, 0.2) is 18.2 Å². The van der Waals surface area contributed by atoms with Gasteiger partial charge in [0.05, 0.1) is 17.7 Å². The number of esters is 1. The number of halogens is 1. The SMILES string of the molecule is C[C@@H](C(=O)OCCN1C(=O)CCC(N2C(=O)c3cccc(F)c3C2=O)C1=O)N(C)C. The Balaban J connectivity index is 1.72. The largest absolute Gasteiger partial charge is 0.463 e. The van der Waals surface area contributed by atoms with Crippen molar-refractivity contribution in [3.8, 4) is 0 Å². The summed E-state index contributed by atoms with van der Waals surface area (Å²) in [6, 6.07) is 1.98. The standard InChI is InChI=1S/C20H22FN3O6/c1-11(22(2)3)20(29)30-10-9-23-15(25)8-7-14(18(23)27)24-17(26)12-5-4-6-13(21)16(12)19(24)28/h4-6,11,14H,7-10H2,1-3H3/t11-,14?/m0/s1. The molecule has 2 aliphatic rings. The van der Waals surface area contributed by atoms with Crippen LogP contribution in [0.5, 0.6) is 0 Å². The van der Waals surface area contributed by atoms with E-state index in [1.54, 1.807) is 25.9 Å². The van der Waals surface area contributed by atoms with E-state index >= 15 is 0 Å². The number of imide groups is 2. The van der Waals surface area contributed by atoms with E-state index in [0.717, 1.165) is 15.9 Å². The minimum absolute atomic E-state index is 0.0430. The molecular formula is C20H22FN3O6. The fourth-order valence-corrected chi connectivity index (χ4v) is 3.41. The molecule has 2 atom stereocenters. The predicted molar refractivity (Wildman–Crippen MR) is 101 cm³/mol. The third kappa shape index (κ3) is 3.70. The fourth-order valence-electron chi connectivity index (χ4n) is 3.41. The Hall–Kier alpha value is -3.14. The molecule has 2 heterocycles. The highest BCUT2D eigenvalue weighted by atomic mass is 19.1. The summed E-state index contributed by atoms with van der Waals surface area (Å²) in [4.78, 5) is 65.6. The minimum Gasteiger partial charge on any atom is -0.463 e. The summed E-state index contributed by atoms with van der Waals surface area (Å²) in [7, 11) is 3.41. The van der Waals surface area contributed by atoms with E-state index in [1.165, 1.54) is 12.1 Å². The van der Waals surface area contributed by atoms with Crippen molar-refractivity contribution in [1.29, 1.82) is 0 Å². The number of nitrogens with zero attached hydrogens (tertiary/aromatic N) is 3. The number of hydrogen-bond donors (Lipinski definition) is 0. The van der Waals surface area contributed by atoms with Crippen molar-refractivity contribution in [2.75, 3.05) is 27.2 Å². The average Bonchev–Trinajstić information content (AvgIpc) is 2.95. The van der Waals surface area contributed by atoms with Crippen molar-refractivity contribution in [2.45, 2.75) is 31.8 Å². The van der Waals surface area contributed by atoms with Gasteiger partial charge in [-0.25, -0.2) is 4.39 Å². The predicted octanol–water partition coefficient (Wildman–Crippen LogP) is 0.433. The number of amides is 4. The van der Waals surface area contributed by atoms with Gasteiger partial charge in [-0.2, -0.15) is 0 Å². The van der Waals surface area contributed by atoms with Crippen molar-refractivity contribution < 1.29 is 33.1 Å². The smallest absolute Gasteiger partial charge is 0.323 e. The number of hydrogen-bond acceptors (Lipinski definition) is 7. The maximum Gasteiger partial charge on any atom is 0.323 e. The molecule has 1 unspecified atom stereocenters. The molecule has 1 fully saturated rings. The van der Waals surface area contributed by atoms with E-state index in [9.17, 15) is 28.4 Å². The van der Waals surface area contributed by atoms with Crippen LogP contribution in [0.3, 0.4) is 0 Å². The molecule has 1 aromatic carbocycles. The van der Waals surface area contributed by atoms with Gasteiger partial charge < -0.3 is 4.74 Å². The molecule has 30 heavy (non-hydrogen) atoms. The summed E-state index contributed by atoms with van der Waals surface area (Å²) < 4.78 is 19.2. The Morgan fingerprint density at radius 1 is 1.23 bits per heavy atom. The lowest BCUT2D eigenvalue weighted by Crippen LogP contribution is -2.56. The number of likely N-dealkylation sites (tertiary alicyclic amines) is 1. The van der Waals surface area contributed by atoms with Gasteiger partial charge in [0.2, 0.25) is 5.91 Å². The lowest BCUT2D eigenvalue weighted by Gasteiger charge is -2.34. The normalized spacial score (nSPS) is 20.1. The Morgan fingerprint density at radius 3 is 2.57 bits per heavy atom. The van der Waals surface area contributed by atoms with Gasteiger partial charge in [-0.15, -0.1) is 0 Å². The monoisotopic (exact) mass is 419 g/mol. The molecule has 10 heteroatoms. The summed E-state index contributed by atoms with van der Waals surface area (Å²) >= 11 is 0. The third-order valence-corrected chi connectivity index (χ3v) is 5.37. The molecule has 1 aromatic rings. The maximum atomic E-state index is 14.1. The van der Waals surface area contributed by atoms with Gasteiger partial charge >= 0.3 is 5.97 Å². The Labute approximate surface area is 172 Å². The van der Waals surface area contributed by atoms with Crippen molar-refractivity contribution in [1.82, 2.24) is 14.7 Å². The fraction of sp³-hybridized carbons (Fsp3) is 0.450. The maximum absolute atomic E-state index is 14.1. The third-order valence-electron chi connectivity index (χ3n) is 5.37. The summed E-state index contributed by atoms with van der Waals surface area (Å²) in [6.45, 7) is 1.24. The van der Waals surface area contributed by atoms with E-state index < -0.39 is 47.5 Å². The molecular weight excluding hydrogens is 397 g/mol. The zero-order chi connectivity index (χ0) is 22.2. The van der Waals surface area contributed by atoms with Crippen LogP contribution in [0.2, 0.25) is 0 Å². The van der Waals surface area contributed by atoms with Crippen molar-refractivity contribution in [3.05, 3.63) is 35.1 Å². The number of fused-ring (bicyclic) bond motifs is 1. The number of carbonyl (C=O) groups excluding carboxylic acids is 5. The van der Waals surface area contributed by atoms with Crippen LogP contribution in [-0.4, -0.2) is 83.6 Å². The molecule has 3 rings (SSSR count). The first kappa shape index (κ1) is 21.6. The Bertz CT molecular complexity index is 931. The van der Waals surface area contributed by atoms with E-state index in [2.05, 4.69) is 0 Å². The number of ether oxygens (including phenoxy) is 1. The van der Waals surface area contributed by atoms with Crippen molar-refractivity contribution in [2.24, 2.45) is 0 Å². The second-order valence-corrected chi connectivity index (χ2v) is 7.39. The van der Waals surface area contributed by atoms with E-state index in [0.29, 0.717) is 0 Å². The number of carbonyl (C=O) groups is 5. The topological polar surface area (TPSA) is 104 Å². The van der Waals surface area contributed by atoms with Crippen LogP contribution in [0.1, 0.15) is 40.5 Å². The number of piperidine rings is 1. The van der Waals surface area contributed by atoms with Crippen LogP contribution in [0.25, 0.3) is 0 Å². The zero-order valence-corrected chi connectivity index (χ0v) is 16.9. The van der Waals surface area contributed by atoms with Crippen LogP contribution in [0, 0.1) is 5.82 Å². The molecule has 4 amide bonds. The summed E-state index contributed by atoms with van der Waals surface area (Å²) in [5.74, 6) is -4.26. The van der Waals surface area contributed by atoms with Gasteiger partial charge in [0, 0.05) is 6.42 Å². The first-order valence-electron chi connectivity index (χ1n) is 9.48. The molecule has 9 nitrogen and oxygen atoms in total. The average molecular weight is 419 g/mol. The highest BCUT2D eigenvalue weighted by Crippen LogP contribution is 2.30. The van der Waals surface area contributed by atoms with E-state index in [1.807, 2.05) is 0 Å². The quantitative estimate of drug-likeness (QED) is 0.487. The molecule has 0 bridgehead atoms. The highest BCUT2D eigenvalue weighted by molar-refractivity contribution is 6.23. The van der Waals surface area contributed by atoms with Crippen LogP contribution < -0.4 is 0 Å². The van der Waals surface area contributed by atoms with Crippen LogP contribution in [-0.2, 0) is 19.1 Å². The molecule has 160 valence electrons. The molecule has 0 N–H and O–H groups in total. The van der Waals surface area contributed by atoms with Crippen LogP contribution >= 0.6 is 0 Å². The van der Waals surface area contributed by atoms with Gasteiger partial charge in [0.1, 0.15) is 24.5 Å². The lowest BCUT2D eigenvalue weighted by atomic mass is 10.0. The van der Waals surface area contributed by atoms with Crippen molar-refractivity contribution in [3.63, 3.8) is 0 Å². The van der Waals surface area contributed by atoms with Gasteiger partial charge in [-0.3, -0.25) is 38.7 Å². The van der Waals surface area contributed by atoms with Gasteiger partial charge in [-0.1, -0.05) is 6.07 Å². The number of likely N-dealkylation sites (N-methyl/N-ethyl adjacent to an activating group) is 1. The Morgan fingerprint density at radius 2 is 1.93 bits per heavy atom. The van der Waals surface area contributed by atoms with E-state index in [4.69, 9.17) is 4.74 Å².